The lowest BCUT2D eigenvalue weighted by Gasteiger charge is -2.02. The molecule has 0 radical (unpaired) electrons. The van der Waals surface area contributed by atoms with Crippen LogP contribution in [0.2, 0.25) is 0 Å². The van der Waals surface area contributed by atoms with Gasteiger partial charge in [0.1, 0.15) is 12.2 Å². The first kappa shape index (κ1) is 10.3. The van der Waals surface area contributed by atoms with E-state index in [-0.39, 0.29) is 0 Å². The van der Waals surface area contributed by atoms with Crippen LogP contribution in [0, 0.1) is 0 Å². The Morgan fingerprint density at radius 2 is 2.05 bits per heavy atom. The largest absolute Gasteiger partial charge is 0.344 e. The summed E-state index contributed by atoms with van der Waals surface area (Å²) in [7, 11) is 0. The van der Waals surface area contributed by atoms with Gasteiger partial charge in [-0.3, -0.25) is 5.73 Å². The third kappa shape index (κ3) is 1.46. The minimum atomic E-state index is 0.814. The third-order valence-electron chi connectivity index (χ3n) is 3.63. The maximum atomic E-state index is 6.26. The molecule has 0 saturated carbocycles. The van der Waals surface area contributed by atoms with Gasteiger partial charge in [0, 0.05) is 11.6 Å². The van der Waals surface area contributed by atoms with E-state index in [0.29, 0.717) is 0 Å². The number of amidine groups is 1. The first-order valence-corrected chi connectivity index (χ1v) is 6.24. The summed E-state index contributed by atoms with van der Waals surface area (Å²) in [5, 5.41) is 0. The van der Waals surface area contributed by atoms with Gasteiger partial charge in [0.05, 0.1) is 22.9 Å². The Morgan fingerprint density at radius 3 is 2.95 bits per heavy atom. The molecule has 3 N–H and O–H groups in total. The molecule has 92 valence electrons. The number of nitrogens with one attached hydrogen (secondary N) is 1. The number of aromatic amines is 1. The number of hydrogen-bond acceptors (Lipinski definition) is 2. The quantitative estimate of drug-likeness (QED) is 0.649. The summed E-state index contributed by atoms with van der Waals surface area (Å²) in [4.78, 5) is 7.36. The van der Waals surface area contributed by atoms with Crippen LogP contribution in [0.1, 0.15) is 11.1 Å². The Bertz CT molecular complexity index is 814. The van der Waals surface area contributed by atoms with Crippen molar-refractivity contribution in [3.8, 4) is 0 Å². The molecule has 4 rings (SSSR count). The Morgan fingerprint density at radius 1 is 1.16 bits per heavy atom. The smallest absolute Gasteiger partial charge is 0.280 e. The Hall–Kier alpha value is -2.62. The molecule has 3 aromatic rings. The van der Waals surface area contributed by atoms with Crippen LogP contribution in [0.15, 0.2) is 48.8 Å². The number of fused-ring (bicyclic) bond motifs is 2. The van der Waals surface area contributed by atoms with Crippen molar-refractivity contribution in [2.75, 3.05) is 0 Å². The van der Waals surface area contributed by atoms with Gasteiger partial charge >= 0.3 is 0 Å². The minimum absolute atomic E-state index is 0.814. The van der Waals surface area contributed by atoms with Crippen molar-refractivity contribution in [3.63, 3.8) is 0 Å². The first-order valence-electron chi connectivity index (χ1n) is 6.24. The lowest BCUT2D eigenvalue weighted by atomic mass is 10.1. The summed E-state index contributed by atoms with van der Waals surface area (Å²) in [6.45, 7) is 0.821. The van der Waals surface area contributed by atoms with E-state index in [4.69, 9.17) is 5.73 Å². The van der Waals surface area contributed by atoms with Gasteiger partial charge < -0.3 is 4.98 Å². The number of benzene rings is 2. The topological polar surface area (TPSA) is 57.7 Å². The fourth-order valence-electron chi connectivity index (χ4n) is 2.63. The maximum absolute atomic E-state index is 6.26. The van der Waals surface area contributed by atoms with Crippen LogP contribution in [-0.4, -0.2) is 20.4 Å². The Labute approximate surface area is 110 Å². The van der Waals surface area contributed by atoms with E-state index in [0.717, 1.165) is 34.7 Å². The van der Waals surface area contributed by atoms with Crippen LogP contribution >= 0.6 is 0 Å². The van der Waals surface area contributed by atoms with Crippen molar-refractivity contribution in [1.29, 1.82) is 0 Å². The second-order valence-corrected chi connectivity index (χ2v) is 4.73. The highest BCUT2D eigenvalue weighted by molar-refractivity contribution is 5.97. The van der Waals surface area contributed by atoms with E-state index in [9.17, 15) is 0 Å². The van der Waals surface area contributed by atoms with Crippen LogP contribution in [0.5, 0.6) is 0 Å². The number of H-pyrrole nitrogens is 1. The molecule has 1 aromatic heterocycles. The molecule has 1 aliphatic heterocycles. The molecular formula is C15H13N4+. The first-order chi connectivity index (χ1) is 9.33. The fraction of sp³-hybridized carbons (Fsp3) is 0.0667. The molecule has 0 fully saturated rings. The highest BCUT2D eigenvalue weighted by Crippen LogP contribution is 2.25. The Balaban J connectivity index is 1.87. The molecule has 4 heteroatoms. The van der Waals surface area contributed by atoms with E-state index in [2.05, 4.69) is 38.8 Å². The van der Waals surface area contributed by atoms with Crippen LogP contribution in [0.3, 0.4) is 0 Å². The van der Waals surface area contributed by atoms with E-state index < -0.39 is 0 Å². The number of nitrogens with two attached hydrogens (primary N) is 1. The molecule has 2 heterocycles. The molecular weight excluding hydrogens is 236 g/mol. The predicted molar refractivity (Wildman–Crippen MR) is 74.5 cm³/mol. The molecule has 4 nitrogen and oxygen atoms in total. The van der Waals surface area contributed by atoms with Gasteiger partial charge in [-0.2, -0.15) is 0 Å². The standard InChI is InChI=1S/C15H12N4/c16-15-12-4-2-1-3-10(12)8-19(15)11-5-6-13-14(7-11)18-9-17-13/h1-7,9,16H,8H2,(H,17,18)/p+1. The van der Waals surface area contributed by atoms with E-state index in [1.807, 2.05) is 18.2 Å². The third-order valence-corrected chi connectivity index (χ3v) is 3.63. The molecule has 0 spiro atoms. The monoisotopic (exact) mass is 249 g/mol. The molecule has 1 aliphatic rings. The van der Waals surface area contributed by atoms with E-state index in [1.54, 1.807) is 6.33 Å². The highest BCUT2D eigenvalue weighted by Gasteiger charge is 2.25. The van der Waals surface area contributed by atoms with Crippen molar-refractivity contribution < 1.29 is 4.58 Å². The molecule has 0 atom stereocenters. The number of imidazole rings is 1. The van der Waals surface area contributed by atoms with Crippen molar-refractivity contribution >= 4 is 22.6 Å². The summed E-state index contributed by atoms with van der Waals surface area (Å²) in [6, 6.07) is 14.4. The predicted octanol–water partition coefficient (Wildman–Crippen LogP) is 2.13. The van der Waals surface area contributed by atoms with Crippen molar-refractivity contribution in [2.24, 2.45) is 5.73 Å². The number of aromatic nitrogens is 2. The molecule has 0 aliphatic carbocycles. The van der Waals surface area contributed by atoms with Gasteiger partial charge in [-0.1, -0.05) is 18.2 Å². The van der Waals surface area contributed by atoms with Crippen LogP contribution in [0.25, 0.3) is 11.0 Å². The number of hydrogen-bond donors (Lipinski definition) is 2. The lowest BCUT2D eigenvalue weighted by Crippen LogP contribution is -2.19. The van der Waals surface area contributed by atoms with E-state index in [1.165, 1.54) is 5.56 Å². The van der Waals surface area contributed by atoms with Crippen molar-refractivity contribution in [1.82, 2.24) is 9.97 Å². The van der Waals surface area contributed by atoms with Gasteiger partial charge in [0.2, 0.25) is 0 Å². The summed E-state index contributed by atoms with van der Waals surface area (Å²) in [5.41, 5.74) is 11.7. The number of nitrogens with zero attached hydrogens (tertiary/aromatic N) is 2. The van der Waals surface area contributed by atoms with Crippen LogP contribution in [-0.2, 0) is 6.54 Å². The fourth-order valence-corrected chi connectivity index (χ4v) is 2.63. The normalized spacial score (nSPS) is 14.1. The van der Waals surface area contributed by atoms with Crippen LogP contribution in [0.4, 0.5) is 5.69 Å². The molecule has 2 aromatic carbocycles. The summed E-state index contributed by atoms with van der Waals surface area (Å²) in [6.07, 6.45) is 1.71. The second kappa shape index (κ2) is 3.68. The average molecular weight is 249 g/mol. The summed E-state index contributed by atoms with van der Waals surface area (Å²) in [5.74, 6) is 0.814. The molecule has 0 amide bonds. The highest BCUT2D eigenvalue weighted by atomic mass is 15.1. The molecule has 0 unspecified atom stereocenters. The van der Waals surface area contributed by atoms with Gasteiger partial charge in [0.15, 0.2) is 0 Å². The summed E-state index contributed by atoms with van der Waals surface area (Å²) < 4.78 is 2.13. The molecule has 0 bridgehead atoms. The van der Waals surface area contributed by atoms with Gasteiger partial charge in [-0.05, 0) is 18.2 Å². The summed E-state index contributed by atoms with van der Waals surface area (Å²) >= 11 is 0. The zero-order chi connectivity index (χ0) is 12.8. The maximum Gasteiger partial charge on any atom is 0.280 e. The molecule has 19 heavy (non-hydrogen) atoms. The van der Waals surface area contributed by atoms with Gasteiger partial charge in [-0.25, -0.2) is 9.56 Å². The SMILES string of the molecule is NC1=[N+](c2ccc3nc[nH]c3c2)Cc2ccccc21. The van der Waals surface area contributed by atoms with Gasteiger partial charge in [-0.15, -0.1) is 0 Å². The average Bonchev–Trinajstić information content (AvgIpc) is 3.03. The van der Waals surface area contributed by atoms with Crippen molar-refractivity contribution in [2.45, 2.75) is 6.54 Å². The zero-order valence-corrected chi connectivity index (χ0v) is 10.3. The Kier molecular flexibility index (Phi) is 2.00. The number of rotatable bonds is 1. The minimum Gasteiger partial charge on any atom is -0.344 e. The lowest BCUT2D eigenvalue weighted by molar-refractivity contribution is -0.453. The van der Waals surface area contributed by atoms with Crippen molar-refractivity contribution in [3.05, 3.63) is 59.9 Å². The van der Waals surface area contributed by atoms with E-state index >= 15 is 0 Å². The second-order valence-electron chi connectivity index (χ2n) is 4.73. The van der Waals surface area contributed by atoms with Gasteiger partial charge in [0.25, 0.3) is 5.84 Å². The van der Waals surface area contributed by atoms with Crippen LogP contribution < -0.4 is 5.73 Å². The zero-order valence-electron chi connectivity index (χ0n) is 10.3. The molecule has 0 saturated heterocycles.